The van der Waals surface area contributed by atoms with E-state index in [4.69, 9.17) is 5.26 Å². The first-order valence-electron chi connectivity index (χ1n) is 3.69. The zero-order valence-electron chi connectivity index (χ0n) is 6.89. The van der Waals surface area contributed by atoms with Gasteiger partial charge in [0.05, 0.1) is 11.7 Å². The second-order valence-electron chi connectivity index (χ2n) is 2.46. The fraction of sp³-hybridized carbons (Fsp3) is 0. The normalized spacial score (nSPS) is 9.64. The van der Waals surface area contributed by atoms with E-state index in [1.165, 1.54) is 17.5 Å². The summed E-state index contributed by atoms with van der Waals surface area (Å²) < 4.78 is 0. The standard InChI is InChI=1S/C8H4N4OS/c9-1-5-2-10-7(12-8(5)13)6-3-14-4-11-6/h2-4H,(H,10,12,13). The minimum atomic E-state index is -0.439. The van der Waals surface area contributed by atoms with E-state index < -0.39 is 5.56 Å². The van der Waals surface area contributed by atoms with Gasteiger partial charge < -0.3 is 4.98 Å². The molecule has 2 aromatic rings. The fourth-order valence-corrected chi connectivity index (χ4v) is 1.47. The van der Waals surface area contributed by atoms with Gasteiger partial charge in [0.25, 0.3) is 5.56 Å². The molecule has 1 N–H and O–H groups in total. The molecule has 0 unspecified atom stereocenters. The van der Waals surface area contributed by atoms with E-state index in [0.717, 1.165) is 0 Å². The van der Waals surface area contributed by atoms with Crippen LogP contribution in [0.3, 0.4) is 0 Å². The minimum Gasteiger partial charge on any atom is -0.304 e. The zero-order valence-corrected chi connectivity index (χ0v) is 7.71. The van der Waals surface area contributed by atoms with Crippen LogP contribution in [0.4, 0.5) is 0 Å². The molecule has 0 atom stereocenters. The lowest BCUT2D eigenvalue weighted by atomic mass is 10.3. The summed E-state index contributed by atoms with van der Waals surface area (Å²) in [4.78, 5) is 21.6. The first-order valence-corrected chi connectivity index (χ1v) is 4.63. The maximum absolute atomic E-state index is 11.2. The summed E-state index contributed by atoms with van der Waals surface area (Å²) in [5, 5.41) is 10.3. The van der Waals surface area contributed by atoms with Crippen LogP contribution in [0, 0.1) is 11.3 Å². The Bertz CT molecular complexity index is 537. The third-order valence-corrected chi connectivity index (χ3v) is 2.18. The third kappa shape index (κ3) is 1.41. The van der Waals surface area contributed by atoms with Gasteiger partial charge in [-0.2, -0.15) is 5.26 Å². The molecule has 0 aliphatic rings. The van der Waals surface area contributed by atoms with Crippen molar-refractivity contribution >= 4 is 11.3 Å². The monoisotopic (exact) mass is 204 g/mol. The average Bonchev–Trinajstić information content (AvgIpc) is 2.70. The molecule has 0 spiro atoms. The van der Waals surface area contributed by atoms with Crippen molar-refractivity contribution in [3.8, 4) is 17.6 Å². The van der Waals surface area contributed by atoms with Crippen LogP contribution in [0.1, 0.15) is 5.56 Å². The molecule has 0 fully saturated rings. The molecule has 0 saturated carbocycles. The molecular weight excluding hydrogens is 200 g/mol. The van der Waals surface area contributed by atoms with Crippen LogP contribution in [0.15, 0.2) is 21.9 Å². The summed E-state index contributed by atoms with van der Waals surface area (Å²) in [5.74, 6) is 0.384. The molecule has 14 heavy (non-hydrogen) atoms. The second kappa shape index (κ2) is 3.40. The van der Waals surface area contributed by atoms with Gasteiger partial charge in [-0.25, -0.2) is 9.97 Å². The largest absolute Gasteiger partial charge is 0.304 e. The van der Waals surface area contributed by atoms with E-state index >= 15 is 0 Å². The summed E-state index contributed by atoms with van der Waals surface area (Å²) in [5.41, 5.74) is 1.82. The Morgan fingerprint density at radius 1 is 1.50 bits per heavy atom. The Balaban J connectivity index is 2.55. The number of nitriles is 1. The molecule has 0 saturated heterocycles. The number of thiazole rings is 1. The Morgan fingerprint density at radius 3 is 2.93 bits per heavy atom. The van der Waals surface area contributed by atoms with Crippen molar-refractivity contribution in [2.45, 2.75) is 0 Å². The van der Waals surface area contributed by atoms with Gasteiger partial charge >= 0.3 is 0 Å². The van der Waals surface area contributed by atoms with Crippen molar-refractivity contribution in [2.24, 2.45) is 0 Å². The van der Waals surface area contributed by atoms with Crippen molar-refractivity contribution in [2.75, 3.05) is 0 Å². The van der Waals surface area contributed by atoms with Gasteiger partial charge in [-0.1, -0.05) is 0 Å². The smallest absolute Gasteiger partial charge is 0.269 e. The highest BCUT2D eigenvalue weighted by Gasteiger charge is 2.04. The van der Waals surface area contributed by atoms with Crippen LogP contribution in [0.5, 0.6) is 0 Å². The quantitative estimate of drug-likeness (QED) is 0.743. The second-order valence-corrected chi connectivity index (χ2v) is 3.18. The molecule has 0 aromatic carbocycles. The van der Waals surface area contributed by atoms with E-state index in [2.05, 4.69) is 15.0 Å². The Kier molecular flexibility index (Phi) is 2.08. The number of aromatic nitrogens is 3. The molecule has 5 nitrogen and oxygen atoms in total. The highest BCUT2D eigenvalue weighted by Crippen LogP contribution is 2.11. The van der Waals surface area contributed by atoms with Crippen LogP contribution in [-0.4, -0.2) is 15.0 Å². The van der Waals surface area contributed by atoms with Crippen LogP contribution in [0.2, 0.25) is 0 Å². The molecule has 0 aliphatic carbocycles. The predicted molar refractivity (Wildman–Crippen MR) is 50.7 cm³/mol. The van der Waals surface area contributed by atoms with Crippen molar-refractivity contribution in [1.82, 2.24) is 15.0 Å². The Hall–Kier alpha value is -2.00. The van der Waals surface area contributed by atoms with Crippen molar-refractivity contribution in [3.63, 3.8) is 0 Å². The number of rotatable bonds is 1. The summed E-state index contributed by atoms with van der Waals surface area (Å²) in [6.07, 6.45) is 1.24. The number of aromatic amines is 1. The summed E-state index contributed by atoms with van der Waals surface area (Å²) in [6, 6.07) is 1.74. The maximum atomic E-state index is 11.2. The first kappa shape index (κ1) is 8.59. The third-order valence-electron chi connectivity index (χ3n) is 1.59. The number of hydrogen-bond acceptors (Lipinski definition) is 5. The van der Waals surface area contributed by atoms with E-state index in [-0.39, 0.29) is 5.56 Å². The SMILES string of the molecule is N#Cc1cnc(-c2cscn2)[nH]c1=O. The fourth-order valence-electron chi connectivity index (χ4n) is 0.934. The maximum Gasteiger partial charge on any atom is 0.269 e. The lowest BCUT2D eigenvalue weighted by Crippen LogP contribution is -2.12. The zero-order chi connectivity index (χ0) is 9.97. The minimum absolute atomic E-state index is 0.00368. The van der Waals surface area contributed by atoms with Crippen LogP contribution < -0.4 is 5.56 Å². The number of hydrogen-bond donors (Lipinski definition) is 1. The molecule has 2 heterocycles. The molecule has 0 bridgehead atoms. The Labute approximate surface area is 82.7 Å². The van der Waals surface area contributed by atoms with Gasteiger partial charge in [0.15, 0.2) is 5.82 Å². The van der Waals surface area contributed by atoms with Gasteiger partial charge in [0.2, 0.25) is 0 Å². The van der Waals surface area contributed by atoms with Crippen LogP contribution >= 0.6 is 11.3 Å². The topological polar surface area (TPSA) is 82.4 Å². The molecule has 68 valence electrons. The summed E-state index contributed by atoms with van der Waals surface area (Å²) >= 11 is 1.41. The predicted octanol–water partition coefficient (Wildman–Crippen LogP) is 0.765. The van der Waals surface area contributed by atoms with E-state index in [1.807, 2.05) is 0 Å². The molecule has 0 amide bonds. The summed E-state index contributed by atoms with van der Waals surface area (Å²) in [6.45, 7) is 0. The van der Waals surface area contributed by atoms with Gasteiger partial charge in [-0.05, 0) is 0 Å². The highest BCUT2D eigenvalue weighted by molar-refractivity contribution is 7.07. The molecule has 0 aliphatic heterocycles. The molecule has 2 aromatic heterocycles. The Morgan fingerprint density at radius 2 is 2.36 bits per heavy atom. The first-order chi connectivity index (χ1) is 6.81. The number of nitrogens with zero attached hydrogens (tertiary/aromatic N) is 3. The van der Waals surface area contributed by atoms with Crippen LogP contribution in [0.25, 0.3) is 11.5 Å². The van der Waals surface area contributed by atoms with Crippen LogP contribution in [-0.2, 0) is 0 Å². The lowest BCUT2D eigenvalue weighted by Gasteiger charge is -1.94. The van der Waals surface area contributed by atoms with Crippen molar-refractivity contribution < 1.29 is 0 Å². The van der Waals surface area contributed by atoms with Gasteiger partial charge in [0.1, 0.15) is 17.3 Å². The molecule has 6 heteroatoms. The molecular formula is C8H4N4OS. The van der Waals surface area contributed by atoms with Gasteiger partial charge in [-0.3, -0.25) is 4.79 Å². The molecule has 0 radical (unpaired) electrons. The number of H-pyrrole nitrogens is 1. The summed E-state index contributed by atoms with van der Waals surface area (Å²) in [7, 11) is 0. The van der Waals surface area contributed by atoms with E-state index in [9.17, 15) is 4.79 Å². The van der Waals surface area contributed by atoms with Crippen molar-refractivity contribution in [3.05, 3.63) is 33.0 Å². The van der Waals surface area contributed by atoms with Crippen molar-refractivity contribution in [1.29, 1.82) is 5.26 Å². The number of nitrogens with one attached hydrogen (secondary N) is 1. The van der Waals surface area contributed by atoms with E-state index in [0.29, 0.717) is 11.5 Å². The van der Waals surface area contributed by atoms with Gasteiger partial charge in [0, 0.05) is 5.38 Å². The van der Waals surface area contributed by atoms with E-state index in [1.54, 1.807) is 17.0 Å². The average molecular weight is 204 g/mol. The lowest BCUT2D eigenvalue weighted by molar-refractivity contribution is 1.10. The highest BCUT2D eigenvalue weighted by atomic mass is 32.1. The molecule has 2 rings (SSSR count). The van der Waals surface area contributed by atoms with Gasteiger partial charge in [-0.15, -0.1) is 11.3 Å².